The van der Waals surface area contributed by atoms with E-state index in [0.29, 0.717) is 0 Å². The first-order valence-electron chi connectivity index (χ1n) is 6.85. The smallest absolute Gasteiger partial charge is 0.262 e. The Morgan fingerprint density at radius 2 is 1.28 bits per heavy atom. The van der Waals surface area contributed by atoms with Crippen LogP contribution in [0.15, 0.2) is 0 Å². The van der Waals surface area contributed by atoms with E-state index in [4.69, 9.17) is 4.55 Å². The van der Waals surface area contributed by atoms with E-state index in [9.17, 15) is 8.42 Å². The van der Waals surface area contributed by atoms with Crippen molar-refractivity contribution in [3.63, 3.8) is 0 Å². The molecule has 0 saturated carbocycles. The molecule has 0 radical (unpaired) electrons. The summed E-state index contributed by atoms with van der Waals surface area (Å²) in [7, 11) is -4.46. The maximum absolute atomic E-state index is 10.1. The van der Waals surface area contributed by atoms with Crippen molar-refractivity contribution in [3.05, 3.63) is 0 Å². The first-order valence-corrected chi connectivity index (χ1v) is 8.21. The third-order valence-electron chi connectivity index (χ3n) is 2.72. The summed E-state index contributed by atoms with van der Waals surface area (Å²) >= 11 is 0. The summed E-state index contributed by atoms with van der Waals surface area (Å²) in [4.78, 5) is 4.33. The zero-order valence-electron chi connectivity index (χ0n) is 11.3. The fraction of sp³-hybridized carbons (Fsp3) is 1.00. The highest BCUT2D eigenvalue weighted by atomic mass is 32.3. The van der Waals surface area contributed by atoms with Gasteiger partial charge in [0.15, 0.2) is 0 Å². The van der Waals surface area contributed by atoms with Gasteiger partial charge in [-0.3, -0.25) is 4.55 Å². The van der Waals surface area contributed by atoms with E-state index >= 15 is 0 Å². The molecule has 1 N–H and O–H groups in total. The Kier molecular flexibility index (Phi) is 11.8. The Morgan fingerprint density at radius 1 is 0.833 bits per heavy atom. The van der Waals surface area contributed by atoms with Crippen molar-refractivity contribution in [2.24, 2.45) is 0 Å². The lowest BCUT2D eigenvalue weighted by Gasteiger charge is -2.02. The van der Waals surface area contributed by atoms with Crippen LogP contribution < -0.4 is 0 Å². The van der Waals surface area contributed by atoms with Gasteiger partial charge in [-0.05, 0) is 6.42 Å². The highest BCUT2D eigenvalue weighted by Crippen LogP contribution is 2.10. The molecule has 0 aliphatic carbocycles. The monoisotopic (exact) mass is 282 g/mol. The van der Waals surface area contributed by atoms with Crippen LogP contribution in [0.3, 0.4) is 0 Å². The number of hydrogen-bond donors (Lipinski definition) is 1. The van der Waals surface area contributed by atoms with E-state index < -0.39 is 10.4 Å². The summed E-state index contributed by atoms with van der Waals surface area (Å²) in [6, 6.07) is 0. The average molecular weight is 282 g/mol. The Hall–Kier alpha value is -0.170. The zero-order chi connectivity index (χ0) is 13.7. The third-order valence-corrected chi connectivity index (χ3v) is 2.98. The second-order valence-corrected chi connectivity index (χ2v) is 5.49. The van der Waals surface area contributed by atoms with Crippen molar-refractivity contribution < 1.29 is 22.2 Å². The minimum atomic E-state index is -4.46. The van der Waals surface area contributed by atoms with Crippen LogP contribution in [0.25, 0.3) is 0 Å². The molecule has 0 spiro atoms. The molecule has 0 aromatic heterocycles. The van der Waals surface area contributed by atoms with Gasteiger partial charge < -0.3 is 0 Å². The largest absolute Gasteiger partial charge is 0.424 e. The van der Waals surface area contributed by atoms with Gasteiger partial charge in [0, 0.05) is 0 Å². The molecule has 0 heterocycles. The predicted octanol–water partition coefficient (Wildman–Crippen LogP) is 3.66. The van der Waals surface area contributed by atoms with Crippen LogP contribution in [0, 0.1) is 0 Å². The molecule has 0 aliphatic heterocycles. The molecular weight excluding hydrogens is 256 g/mol. The normalized spacial score (nSPS) is 11.9. The Morgan fingerprint density at radius 3 is 1.72 bits per heavy atom. The molecule has 18 heavy (non-hydrogen) atoms. The second kappa shape index (κ2) is 11.9. The maximum Gasteiger partial charge on any atom is 0.424 e. The molecule has 110 valence electrons. The molecule has 0 bridgehead atoms. The average Bonchev–Trinajstić information content (AvgIpc) is 2.29. The molecule has 0 atom stereocenters. The summed E-state index contributed by atoms with van der Waals surface area (Å²) in [5.41, 5.74) is 0. The molecule has 5 nitrogen and oxygen atoms in total. The highest BCUT2D eigenvalue weighted by molar-refractivity contribution is 7.80. The molecule has 0 aromatic rings. The Bertz CT molecular complexity index is 264. The van der Waals surface area contributed by atoms with Gasteiger partial charge in [-0.15, -0.1) is 0 Å². The van der Waals surface area contributed by atoms with Crippen molar-refractivity contribution in [2.45, 2.75) is 71.1 Å². The first kappa shape index (κ1) is 17.8. The van der Waals surface area contributed by atoms with Crippen molar-refractivity contribution >= 4 is 10.4 Å². The van der Waals surface area contributed by atoms with Crippen molar-refractivity contribution in [1.82, 2.24) is 0 Å². The quantitative estimate of drug-likeness (QED) is 0.241. The number of unbranched alkanes of at least 4 members (excludes halogenated alkanes) is 9. The highest BCUT2D eigenvalue weighted by Gasteiger charge is 2.04. The lowest BCUT2D eigenvalue weighted by atomic mass is 10.1. The van der Waals surface area contributed by atoms with Gasteiger partial charge in [0.25, 0.3) is 0 Å². The molecule has 0 rings (SSSR count). The number of rotatable bonds is 13. The zero-order valence-corrected chi connectivity index (χ0v) is 12.1. The SMILES string of the molecule is CCCCCCCCCCCCOOS(=O)(=O)O. The number of hydrogen-bond acceptors (Lipinski definition) is 4. The van der Waals surface area contributed by atoms with Crippen molar-refractivity contribution in [2.75, 3.05) is 6.61 Å². The summed E-state index contributed by atoms with van der Waals surface area (Å²) in [5, 5.41) is 0. The van der Waals surface area contributed by atoms with Crippen molar-refractivity contribution in [3.8, 4) is 0 Å². The van der Waals surface area contributed by atoms with Crippen LogP contribution in [0.2, 0.25) is 0 Å². The standard InChI is InChI=1S/C12H26O5S/c1-2-3-4-5-6-7-8-9-10-11-12-16-17-18(13,14)15/h2-12H2,1H3,(H,13,14,15). The molecule has 0 unspecified atom stereocenters. The lowest BCUT2D eigenvalue weighted by molar-refractivity contribution is -0.208. The van der Waals surface area contributed by atoms with E-state index in [1.807, 2.05) is 0 Å². The van der Waals surface area contributed by atoms with Crippen LogP contribution in [0.4, 0.5) is 0 Å². The molecule has 0 amide bonds. The molecule has 0 saturated heterocycles. The summed E-state index contributed by atoms with van der Waals surface area (Å²) in [5.74, 6) is 0. The van der Waals surface area contributed by atoms with Crippen molar-refractivity contribution in [1.29, 1.82) is 0 Å². The minimum absolute atomic E-state index is 0.191. The fourth-order valence-electron chi connectivity index (χ4n) is 1.74. The maximum atomic E-state index is 10.1. The van der Waals surface area contributed by atoms with Gasteiger partial charge in [-0.1, -0.05) is 69.0 Å². The van der Waals surface area contributed by atoms with Gasteiger partial charge >= 0.3 is 10.4 Å². The van der Waals surface area contributed by atoms with E-state index in [-0.39, 0.29) is 6.61 Å². The Balaban J connectivity index is 3.03. The molecule has 0 aromatic carbocycles. The first-order chi connectivity index (χ1) is 8.56. The minimum Gasteiger partial charge on any atom is -0.262 e. The molecule has 0 fully saturated rings. The van der Waals surface area contributed by atoms with Gasteiger partial charge in [0.2, 0.25) is 0 Å². The summed E-state index contributed by atoms with van der Waals surface area (Å²) < 4.78 is 32.2. The van der Waals surface area contributed by atoms with Crippen LogP contribution in [-0.2, 0) is 19.6 Å². The van der Waals surface area contributed by atoms with Crippen LogP contribution >= 0.6 is 0 Å². The van der Waals surface area contributed by atoms with E-state index in [1.54, 1.807) is 0 Å². The Labute approximate surface area is 111 Å². The second-order valence-electron chi connectivity index (χ2n) is 4.50. The predicted molar refractivity (Wildman–Crippen MR) is 70.4 cm³/mol. The topological polar surface area (TPSA) is 72.8 Å². The van der Waals surface area contributed by atoms with Gasteiger partial charge in [0.05, 0.1) is 6.61 Å². The van der Waals surface area contributed by atoms with Crippen LogP contribution in [-0.4, -0.2) is 19.6 Å². The van der Waals surface area contributed by atoms with E-state index in [1.165, 1.54) is 44.9 Å². The third kappa shape index (κ3) is 15.8. The fourth-order valence-corrected chi connectivity index (χ4v) is 1.93. The lowest BCUT2D eigenvalue weighted by Crippen LogP contribution is -2.05. The van der Waals surface area contributed by atoms with Crippen LogP contribution in [0.5, 0.6) is 0 Å². The van der Waals surface area contributed by atoms with E-state index in [0.717, 1.165) is 19.3 Å². The van der Waals surface area contributed by atoms with Crippen LogP contribution in [0.1, 0.15) is 71.1 Å². The van der Waals surface area contributed by atoms with Gasteiger partial charge in [-0.25, -0.2) is 4.89 Å². The molecular formula is C12H26O5S. The summed E-state index contributed by atoms with van der Waals surface area (Å²) in [6.45, 7) is 2.41. The summed E-state index contributed by atoms with van der Waals surface area (Å²) in [6.07, 6.45) is 11.9. The van der Waals surface area contributed by atoms with E-state index in [2.05, 4.69) is 16.1 Å². The molecule has 0 aliphatic rings. The molecule has 6 heteroatoms. The van der Waals surface area contributed by atoms with Gasteiger partial charge in [-0.2, -0.15) is 8.42 Å². The van der Waals surface area contributed by atoms with Gasteiger partial charge in [0.1, 0.15) is 0 Å².